The lowest BCUT2D eigenvalue weighted by Crippen LogP contribution is -2.00. The minimum Gasteiger partial charge on any atom is -0.455 e. The van der Waals surface area contributed by atoms with E-state index in [0.717, 1.165) is 60.5 Å². The molecule has 0 aliphatic rings. The average Bonchev–Trinajstić information content (AvgIpc) is 3.67. The molecule has 57 heavy (non-hydrogen) atoms. The van der Waals surface area contributed by atoms with Crippen molar-refractivity contribution in [1.82, 2.24) is 15.0 Å². The highest BCUT2D eigenvalue weighted by atomic mass is 16.3. The smallest absolute Gasteiger partial charge is 0.164 e. The zero-order valence-corrected chi connectivity index (χ0v) is 30.8. The summed E-state index contributed by atoms with van der Waals surface area (Å²) in [6.07, 6.45) is 0. The lowest BCUT2D eigenvalue weighted by atomic mass is 9.94. The molecule has 0 bridgehead atoms. The van der Waals surface area contributed by atoms with Crippen LogP contribution in [0.2, 0.25) is 0 Å². The highest BCUT2D eigenvalue weighted by Crippen LogP contribution is 2.41. The highest BCUT2D eigenvalue weighted by molar-refractivity contribution is 6.19. The Balaban J connectivity index is 1.01. The largest absolute Gasteiger partial charge is 0.455 e. The van der Waals surface area contributed by atoms with E-state index in [1.54, 1.807) is 0 Å². The number of hydrogen-bond acceptors (Lipinski definition) is 4. The van der Waals surface area contributed by atoms with Crippen molar-refractivity contribution in [3.63, 3.8) is 0 Å². The second-order valence-electron chi connectivity index (χ2n) is 14.4. The van der Waals surface area contributed by atoms with Gasteiger partial charge in [-0.25, -0.2) is 15.0 Å². The standard InChI is InChI=1S/C53H33N3O/c1-3-12-34(13-4-1)35-22-24-38(25-23-35)47-33-48-45-31-30-41(32-49(45)57-50(48)46-20-10-9-19-44(46)47)53-55-51(39-15-5-2-6-16-39)54-52(56-53)40-28-26-37(27-29-40)43-21-11-17-36-14-7-8-18-42(36)43/h1-33H. The van der Waals surface area contributed by atoms with Crippen molar-refractivity contribution in [3.8, 4) is 67.5 Å². The molecule has 11 rings (SSSR count). The van der Waals surface area contributed by atoms with Crippen molar-refractivity contribution in [2.45, 2.75) is 0 Å². The minimum atomic E-state index is 0.586. The molecular weight excluding hydrogens is 695 g/mol. The Bertz CT molecular complexity index is 3260. The van der Waals surface area contributed by atoms with Gasteiger partial charge in [-0.3, -0.25) is 0 Å². The Hall–Kier alpha value is -7.69. The van der Waals surface area contributed by atoms with Gasteiger partial charge in [0.2, 0.25) is 0 Å². The molecule has 266 valence electrons. The lowest BCUT2D eigenvalue weighted by Gasteiger charge is -2.10. The molecular formula is C53H33N3O. The SMILES string of the molecule is c1ccc(-c2ccc(-c3cc4c5ccc(-c6nc(-c7ccccc7)nc(-c7ccc(-c8cccc9ccccc89)cc7)n6)cc5oc4c4ccccc34)cc2)cc1. The van der Waals surface area contributed by atoms with Gasteiger partial charge < -0.3 is 4.42 Å². The van der Waals surface area contributed by atoms with Crippen molar-refractivity contribution >= 4 is 43.5 Å². The van der Waals surface area contributed by atoms with E-state index >= 15 is 0 Å². The fraction of sp³-hybridized carbons (Fsp3) is 0. The van der Waals surface area contributed by atoms with Gasteiger partial charge in [0.05, 0.1) is 0 Å². The van der Waals surface area contributed by atoms with Crippen LogP contribution in [0.25, 0.3) is 111 Å². The summed E-state index contributed by atoms with van der Waals surface area (Å²) in [5, 5.41) is 6.79. The number of benzene rings is 9. The molecule has 11 aromatic rings. The van der Waals surface area contributed by atoms with Crippen LogP contribution < -0.4 is 0 Å². The van der Waals surface area contributed by atoms with Crippen LogP contribution in [0.4, 0.5) is 0 Å². The van der Waals surface area contributed by atoms with E-state index in [1.165, 1.54) is 33.0 Å². The van der Waals surface area contributed by atoms with E-state index in [4.69, 9.17) is 19.4 Å². The van der Waals surface area contributed by atoms with Crippen LogP contribution in [0.5, 0.6) is 0 Å². The maximum absolute atomic E-state index is 6.74. The Kier molecular flexibility index (Phi) is 7.78. The van der Waals surface area contributed by atoms with Crippen molar-refractivity contribution < 1.29 is 4.42 Å². The first kappa shape index (κ1) is 32.7. The van der Waals surface area contributed by atoms with E-state index in [-0.39, 0.29) is 0 Å². The van der Waals surface area contributed by atoms with Crippen LogP contribution >= 0.6 is 0 Å². The zero-order valence-electron chi connectivity index (χ0n) is 30.8. The van der Waals surface area contributed by atoms with E-state index in [0.29, 0.717) is 17.5 Å². The number of aromatic nitrogens is 3. The number of nitrogens with zero attached hydrogens (tertiary/aromatic N) is 3. The lowest BCUT2D eigenvalue weighted by molar-refractivity contribution is 0.673. The molecule has 9 aromatic carbocycles. The molecule has 0 fully saturated rings. The number of furan rings is 1. The Morgan fingerprint density at radius 3 is 1.49 bits per heavy atom. The molecule has 0 spiro atoms. The topological polar surface area (TPSA) is 51.8 Å². The Morgan fingerprint density at radius 2 is 0.772 bits per heavy atom. The maximum Gasteiger partial charge on any atom is 0.164 e. The number of hydrogen-bond donors (Lipinski definition) is 0. The highest BCUT2D eigenvalue weighted by Gasteiger charge is 2.18. The fourth-order valence-electron chi connectivity index (χ4n) is 8.08. The number of rotatable bonds is 6. The minimum absolute atomic E-state index is 0.586. The Morgan fingerprint density at radius 1 is 0.281 bits per heavy atom. The molecule has 2 aromatic heterocycles. The van der Waals surface area contributed by atoms with E-state index in [2.05, 4.69) is 164 Å². The molecule has 0 radical (unpaired) electrons. The molecule has 0 atom stereocenters. The van der Waals surface area contributed by atoms with Crippen molar-refractivity contribution in [2.75, 3.05) is 0 Å². The summed E-state index contributed by atoms with van der Waals surface area (Å²) < 4.78 is 6.74. The monoisotopic (exact) mass is 727 g/mol. The van der Waals surface area contributed by atoms with Gasteiger partial charge in [0.1, 0.15) is 11.2 Å². The molecule has 0 aliphatic heterocycles. The molecule has 0 unspecified atom stereocenters. The molecule has 0 saturated heterocycles. The third-order valence-electron chi connectivity index (χ3n) is 11.0. The van der Waals surface area contributed by atoms with Crippen LogP contribution in [0.3, 0.4) is 0 Å². The molecule has 4 heteroatoms. The van der Waals surface area contributed by atoms with Gasteiger partial charge in [0.25, 0.3) is 0 Å². The summed E-state index contributed by atoms with van der Waals surface area (Å²) in [4.78, 5) is 15.1. The van der Waals surface area contributed by atoms with Gasteiger partial charge in [0.15, 0.2) is 17.5 Å². The average molecular weight is 728 g/mol. The van der Waals surface area contributed by atoms with Gasteiger partial charge in [-0.05, 0) is 67.7 Å². The summed E-state index contributed by atoms with van der Waals surface area (Å²) in [5.41, 5.74) is 11.4. The predicted molar refractivity (Wildman–Crippen MR) is 235 cm³/mol. The van der Waals surface area contributed by atoms with Crippen LogP contribution in [-0.4, -0.2) is 15.0 Å². The van der Waals surface area contributed by atoms with Crippen molar-refractivity contribution in [3.05, 3.63) is 200 Å². The maximum atomic E-state index is 6.74. The molecule has 2 heterocycles. The van der Waals surface area contributed by atoms with Crippen LogP contribution in [0.1, 0.15) is 0 Å². The zero-order chi connectivity index (χ0) is 37.7. The van der Waals surface area contributed by atoms with E-state index < -0.39 is 0 Å². The number of fused-ring (bicyclic) bond motifs is 6. The van der Waals surface area contributed by atoms with Gasteiger partial charge >= 0.3 is 0 Å². The van der Waals surface area contributed by atoms with Crippen LogP contribution in [0, 0.1) is 0 Å². The summed E-state index contributed by atoms with van der Waals surface area (Å²) in [7, 11) is 0. The molecule has 0 N–H and O–H groups in total. The van der Waals surface area contributed by atoms with Crippen LogP contribution in [-0.2, 0) is 0 Å². The summed E-state index contributed by atoms with van der Waals surface area (Å²) in [6, 6.07) is 69.9. The summed E-state index contributed by atoms with van der Waals surface area (Å²) in [6.45, 7) is 0. The fourth-order valence-corrected chi connectivity index (χ4v) is 8.08. The van der Waals surface area contributed by atoms with Gasteiger partial charge in [-0.2, -0.15) is 0 Å². The Labute approximate surface area is 329 Å². The quantitative estimate of drug-likeness (QED) is 0.171. The summed E-state index contributed by atoms with van der Waals surface area (Å²) in [5.74, 6) is 1.82. The summed E-state index contributed by atoms with van der Waals surface area (Å²) >= 11 is 0. The molecule has 0 amide bonds. The second-order valence-corrected chi connectivity index (χ2v) is 14.4. The van der Waals surface area contributed by atoms with E-state index in [1.807, 2.05) is 36.4 Å². The first-order valence-corrected chi connectivity index (χ1v) is 19.2. The first-order valence-electron chi connectivity index (χ1n) is 19.2. The van der Waals surface area contributed by atoms with Gasteiger partial charge in [-0.1, -0.05) is 182 Å². The molecule has 0 aliphatic carbocycles. The third-order valence-corrected chi connectivity index (χ3v) is 11.0. The molecule has 0 saturated carbocycles. The van der Waals surface area contributed by atoms with Gasteiger partial charge in [0, 0.05) is 32.8 Å². The second kappa shape index (κ2) is 13.6. The van der Waals surface area contributed by atoms with Crippen LogP contribution in [0.15, 0.2) is 205 Å². The van der Waals surface area contributed by atoms with Crippen molar-refractivity contribution in [1.29, 1.82) is 0 Å². The van der Waals surface area contributed by atoms with Gasteiger partial charge in [-0.15, -0.1) is 0 Å². The third kappa shape index (κ3) is 5.83. The first-order chi connectivity index (χ1) is 28.2. The van der Waals surface area contributed by atoms with E-state index in [9.17, 15) is 0 Å². The normalized spacial score (nSPS) is 11.5. The van der Waals surface area contributed by atoms with Crippen molar-refractivity contribution in [2.24, 2.45) is 0 Å². The predicted octanol–water partition coefficient (Wildman–Crippen LogP) is 14.1. The molecule has 4 nitrogen and oxygen atoms in total.